The van der Waals surface area contributed by atoms with Gasteiger partial charge in [-0.3, -0.25) is 4.79 Å². The third-order valence-electron chi connectivity index (χ3n) is 3.62. The molecule has 0 radical (unpaired) electrons. The van der Waals surface area contributed by atoms with E-state index in [9.17, 15) is 20.1 Å². The number of nitrogens with one attached hydrogen (secondary N) is 1. The van der Waals surface area contributed by atoms with Crippen LogP contribution in [0, 0.1) is 11.8 Å². The van der Waals surface area contributed by atoms with E-state index in [-0.39, 0.29) is 18.7 Å². The highest BCUT2D eigenvalue weighted by molar-refractivity contribution is 5.74. The number of phenolic OH excluding ortho intramolecular Hbond substituents is 1. The molecule has 0 bridgehead atoms. The van der Waals surface area contributed by atoms with Crippen molar-refractivity contribution in [2.45, 2.75) is 25.0 Å². The molecule has 130 valence electrons. The molecular formula is C20H21NO4. The summed E-state index contributed by atoms with van der Waals surface area (Å²) < 4.78 is 0. The van der Waals surface area contributed by atoms with Gasteiger partial charge in [0.15, 0.2) is 0 Å². The van der Waals surface area contributed by atoms with Crippen molar-refractivity contribution in [3.8, 4) is 17.6 Å². The Morgan fingerprint density at radius 3 is 2.40 bits per heavy atom. The van der Waals surface area contributed by atoms with E-state index in [1.165, 1.54) is 19.1 Å². The third-order valence-corrected chi connectivity index (χ3v) is 3.62. The van der Waals surface area contributed by atoms with Crippen LogP contribution in [0.15, 0.2) is 54.6 Å². The van der Waals surface area contributed by atoms with Crippen LogP contribution in [0.5, 0.6) is 5.75 Å². The molecule has 0 saturated heterocycles. The number of aliphatic carboxylic acids is 1. The van der Waals surface area contributed by atoms with Gasteiger partial charge in [-0.25, -0.2) is 0 Å². The van der Waals surface area contributed by atoms with Gasteiger partial charge in [0.25, 0.3) is 0 Å². The molecule has 2 atom stereocenters. The zero-order valence-corrected chi connectivity index (χ0v) is 13.9. The summed E-state index contributed by atoms with van der Waals surface area (Å²) in [5.74, 6) is 4.75. The minimum Gasteiger partial charge on any atom is -0.508 e. The lowest BCUT2D eigenvalue weighted by Gasteiger charge is -2.21. The number of aliphatic hydroxyl groups is 1. The van der Waals surface area contributed by atoms with Crippen LogP contribution >= 0.6 is 0 Å². The molecule has 2 rings (SSSR count). The number of hydrogen-bond acceptors (Lipinski definition) is 4. The average Bonchev–Trinajstić information content (AvgIpc) is 2.59. The summed E-state index contributed by atoms with van der Waals surface area (Å²) in [6.45, 7) is 1.55. The first-order chi connectivity index (χ1) is 11.9. The predicted octanol–water partition coefficient (Wildman–Crippen LogP) is 1.78. The quantitative estimate of drug-likeness (QED) is 0.603. The second kappa shape index (κ2) is 8.34. The van der Waals surface area contributed by atoms with Gasteiger partial charge in [0.2, 0.25) is 0 Å². The number of aromatic hydroxyl groups is 1. The van der Waals surface area contributed by atoms with E-state index in [0.29, 0.717) is 0 Å². The number of carboxylic acid groups (broad SMARTS) is 1. The van der Waals surface area contributed by atoms with E-state index < -0.39 is 17.6 Å². The van der Waals surface area contributed by atoms with E-state index >= 15 is 0 Å². The molecular weight excluding hydrogens is 318 g/mol. The highest BCUT2D eigenvalue weighted by Gasteiger charge is 2.23. The smallest absolute Gasteiger partial charge is 0.321 e. The molecule has 0 heterocycles. The monoisotopic (exact) mass is 339 g/mol. The maximum absolute atomic E-state index is 11.4. The molecule has 2 aromatic carbocycles. The molecule has 0 fully saturated rings. The number of rotatable bonds is 6. The normalized spacial score (nSPS) is 14.0. The second-order valence-electron chi connectivity index (χ2n) is 6.03. The fraction of sp³-hybridized carbons (Fsp3) is 0.250. The molecule has 5 nitrogen and oxygen atoms in total. The summed E-state index contributed by atoms with van der Waals surface area (Å²) in [6.07, 6.45) is 0.234. The number of hydrogen-bond donors (Lipinski definition) is 4. The lowest BCUT2D eigenvalue weighted by Crippen LogP contribution is -2.46. The van der Waals surface area contributed by atoms with Gasteiger partial charge in [0.1, 0.15) is 17.4 Å². The standard InChI is InChI=1S/C20H21NO4/c1-20(25,12-11-15-5-3-2-4-6-15)14-21-18(19(23)24)13-16-7-9-17(22)10-8-16/h2-10,18,21-22,25H,13-14H2,1H3,(H,23,24)/t18-,20-/m0/s1. The van der Waals surface area contributed by atoms with Crippen molar-refractivity contribution in [1.82, 2.24) is 5.32 Å². The third kappa shape index (κ3) is 6.30. The van der Waals surface area contributed by atoms with Gasteiger partial charge in [0, 0.05) is 12.1 Å². The van der Waals surface area contributed by atoms with Gasteiger partial charge in [-0.15, -0.1) is 0 Å². The Morgan fingerprint density at radius 2 is 1.80 bits per heavy atom. The van der Waals surface area contributed by atoms with Crippen molar-refractivity contribution in [2.24, 2.45) is 0 Å². The molecule has 0 amide bonds. The fourth-order valence-electron chi connectivity index (χ4n) is 2.21. The van der Waals surface area contributed by atoms with Crippen molar-refractivity contribution in [3.05, 3.63) is 65.7 Å². The maximum atomic E-state index is 11.4. The molecule has 0 unspecified atom stereocenters. The Kier molecular flexibility index (Phi) is 6.18. The summed E-state index contributed by atoms with van der Waals surface area (Å²) >= 11 is 0. The van der Waals surface area contributed by atoms with Crippen LogP contribution in [0.2, 0.25) is 0 Å². The van der Waals surface area contributed by atoms with E-state index in [2.05, 4.69) is 17.2 Å². The van der Waals surface area contributed by atoms with E-state index in [1.54, 1.807) is 12.1 Å². The molecule has 2 aromatic rings. The molecule has 25 heavy (non-hydrogen) atoms. The molecule has 5 heteroatoms. The van der Waals surface area contributed by atoms with Crippen molar-refractivity contribution in [3.63, 3.8) is 0 Å². The summed E-state index contributed by atoms with van der Waals surface area (Å²) in [7, 11) is 0. The molecule has 0 saturated carbocycles. The first-order valence-electron chi connectivity index (χ1n) is 7.90. The first kappa shape index (κ1) is 18.5. The molecule has 4 N–H and O–H groups in total. The van der Waals surface area contributed by atoms with Crippen LogP contribution < -0.4 is 5.32 Å². The van der Waals surface area contributed by atoms with Gasteiger partial charge in [0.05, 0.1) is 0 Å². The van der Waals surface area contributed by atoms with Crippen molar-refractivity contribution >= 4 is 5.97 Å². The Labute approximate surface area is 147 Å². The van der Waals surface area contributed by atoms with Gasteiger partial charge in [-0.1, -0.05) is 42.2 Å². The van der Waals surface area contributed by atoms with Crippen LogP contribution in [0.1, 0.15) is 18.1 Å². The van der Waals surface area contributed by atoms with Gasteiger partial charge in [-0.2, -0.15) is 0 Å². The molecule has 0 aliphatic rings. The minimum atomic E-state index is -1.36. The lowest BCUT2D eigenvalue weighted by atomic mass is 10.0. The Morgan fingerprint density at radius 1 is 1.16 bits per heavy atom. The zero-order chi connectivity index (χ0) is 18.3. The summed E-state index contributed by atoms with van der Waals surface area (Å²) in [4.78, 5) is 11.4. The number of phenols is 1. The highest BCUT2D eigenvalue weighted by Crippen LogP contribution is 2.12. The van der Waals surface area contributed by atoms with Crippen LogP contribution in [0.3, 0.4) is 0 Å². The SMILES string of the molecule is C[C@](O)(C#Cc1ccccc1)CN[C@@H](Cc1ccc(O)cc1)C(=O)O. The predicted molar refractivity (Wildman–Crippen MR) is 95.2 cm³/mol. The Hall–Kier alpha value is -2.81. The molecule has 0 aromatic heterocycles. The van der Waals surface area contributed by atoms with Gasteiger partial charge >= 0.3 is 5.97 Å². The van der Waals surface area contributed by atoms with Crippen molar-refractivity contribution < 1.29 is 20.1 Å². The number of carboxylic acids is 1. The van der Waals surface area contributed by atoms with Crippen LogP contribution in [-0.2, 0) is 11.2 Å². The number of benzene rings is 2. The van der Waals surface area contributed by atoms with Crippen molar-refractivity contribution in [1.29, 1.82) is 0 Å². The van der Waals surface area contributed by atoms with Crippen LogP contribution in [0.4, 0.5) is 0 Å². The van der Waals surface area contributed by atoms with Crippen LogP contribution in [0.25, 0.3) is 0 Å². The minimum absolute atomic E-state index is 0.0158. The van der Waals surface area contributed by atoms with E-state index in [0.717, 1.165) is 11.1 Å². The van der Waals surface area contributed by atoms with Gasteiger partial charge < -0.3 is 20.6 Å². The van der Waals surface area contributed by atoms with E-state index in [1.807, 2.05) is 30.3 Å². The Balaban J connectivity index is 1.98. The Bertz CT molecular complexity index is 758. The number of carbonyl (C=O) groups is 1. The topological polar surface area (TPSA) is 89.8 Å². The molecule has 0 aliphatic heterocycles. The summed E-state index contributed by atoms with van der Waals surface area (Å²) in [6, 6.07) is 14.7. The highest BCUT2D eigenvalue weighted by atomic mass is 16.4. The zero-order valence-electron chi connectivity index (χ0n) is 13.9. The molecule has 0 spiro atoms. The van der Waals surface area contributed by atoms with E-state index in [4.69, 9.17) is 0 Å². The van der Waals surface area contributed by atoms with Crippen molar-refractivity contribution in [2.75, 3.05) is 6.54 Å². The maximum Gasteiger partial charge on any atom is 0.321 e. The van der Waals surface area contributed by atoms with Crippen LogP contribution in [-0.4, -0.2) is 39.5 Å². The first-order valence-corrected chi connectivity index (χ1v) is 7.90. The summed E-state index contributed by atoms with van der Waals surface area (Å²) in [5.41, 5.74) is 0.188. The second-order valence-corrected chi connectivity index (χ2v) is 6.03. The van der Waals surface area contributed by atoms with Gasteiger partial charge in [-0.05, 0) is 43.2 Å². The largest absolute Gasteiger partial charge is 0.508 e. The average molecular weight is 339 g/mol. The molecule has 0 aliphatic carbocycles. The summed E-state index contributed by atoms with van der Waals surface area (Å²) in [5, 5.41) is 31.8. The lowest BCUT2D eigenvalue weighted by molar-refractivity contribution is -0.139. The fourth-order valence-corrected chi connectivity index (χ4v) is 2.21.